The Hall–Kier alpha value is -1.81. The van der Waals surface area contributed by atoms with E-state index in [0.717, 1.165) is 16.1 Å². The van der Waals surface area contributed by atoms with Gasteiger partial charge in [0.05, 0.1) is 5.56 Å². The number of hydrogen-bond acceptors (Lipinski definition) is 3. The lowest BCUT2D eigenvalue weighted by atomic mass is 10.1. The molecule has 1 aliphatic rings. The molecule has 0 radical (unpaired) electrons. The van der Waals surface area contributed by atoms with E-state index in [1.54, 1.807) is 11.3 Å². The number of benzene rings is 1. The molecule has 1 aromatic heterocycles. The number of carbonyl (C=O) groups is 1. The van der Waals surface area contributed by atoms with Gasteiger partial charge < -0.3 is 10.6 Å². The van der Waals surface area contributed by atoms with Crippen LogP contribution in [0.4, 0.5) is 5.00 Å². The molecular formula is C16H18N2OS. The van der Waals surface area contributed by atoms with Crippen LogP contribution in [0.25, 0.3) is 0 Å². The van der Waals surface area contributed by atoms with Gasteiger partial charge in [0.15, 0.2) is 0 Å². The van der Waals surface area contributed by atoms with Crippen molar-refractivity contribution in [2.24, 2.45) is 0 Å². The highest BCUT2D eigenvalue weighted by molar-refractivity contribution is 7.16. The van der Waals surface area contributed by atoms with E-state index in [-0.39, 0.29) is 12.1 Å². The number of hydrogen-bond donors (Lipinski definition) is 2. The summed E-state index contributed by atoms with van der Waals surface area (Å²) in [5.74, 6) is 0.450. The molecule has 0 unspecified atom stereocenters. The number of nitrogens with one attached hydrogen (secondary N) is 2. The number of amides is 1. The molecule has 0 bridgehead atoms. The van der Waals surface area contributed by atoms with Crippen LogP contribution in [0.5, 0.6) is 0 Å². The van der Waals surface area contributed by atoms with Crippen LogP contribution in [-0.2, 0) is 0 Å². The van der Waals surface area contributed by atoms with Crippen LogP contribution in [0.3, 0.4) is 0 Å². The molecule has 0 spiro atoms. The number of anilines is 1. The van der Waals surface area contributed by atoms with Gasteiger partial charge in [-0.2, -0.15) is 0 Å². The Morgan fingerprint density at radius 2 is 1.85 bits per heavy atom. The maximum atomic E-state index is 12.2. The van der Waals surface area contributed by atoms with Gasteiger partial charge in [0.1, 0.15) is 11.2 Å². The third kappa shape index (κ3) is 2.31. The molecule has 1 aliphatic heterocycles. The van der Waals surface area contributed by atoms with Crippen molar-refractivity contribution in [3.63, 3.8) is 0 Å². The number of aryl methyl sites for hydroxylation is 1. The summed E-state index contributed by atoms with van der Waals surface area (Å²) in [4.78, 5) is 13.5. The molecule has 0 aliphatic carbocycles. The van der Waals surface area contributed by atoms with Crippen LogP contribution in [0.1, 0.15) is 52.3 Å². The van der Waals surface area contributed by atoms with E-state index in [0.29, 0.717) is 5.92 Å². The molecule has 0 saturated heterocycles. The highest BCUT2D eigenvalue weighted by Gasteiger charge is 2.27. The quantitative estimate of drug-likeness (QED) is 0.875. The summed E-state index contributed by atoms with van der Waals surface area (Å²) in [7, 11) is 0. The van der Waals surface area contributed by atoms with Crippen LogP contribution in [0.2, 0.25) is 0 Å². The van der Waals surface area contributed by atoms with Gasteiger partial charge in [-0.05, 0) is 24.5 Å². The maximum Gasteiger partial charge on any atom is 0.256 e. The van der Waals surface area contributed by atoms with Gasteiger partial charge in [0.25, 0.3) is 5.91 Å². The smallest absolute Gasteiger partial charge is 0.256 e. The summed E-state index contributed by atoms with van der Waals surface area (Å²) >= 11 is 1.68. The van der Waals surface area contributed by atoms with Crippen LogP contribution in [0.15, 0.2) is 30.3 Å². The molecule has 20 heavy (non-hydrogen) atoms. The molecule has 3 rings (SSSR count). The topological polar surface area (TPSA) is 41.1 Å². The average Bonchev–Trinajstić information content (AvgIpc) is 2.84. The van der Waals surface area contributed by atoms with Crippen molar-refractivity contribution in [2.75, 3.05) is 5.32 Å². The van der Waals surface area contributed by atoms with Gasteiger partial charge in [-0.3, -0.25) is 4.79 Å². The lowest BCUT2D eigenvalue weighted by molar-refractivity contribution is 0.0936. The van der Waals surface area contributed by atoms with Gasteiger partial charge in [0, 0.05) is 4.88 Å². The molecular weight excluding hydrogens is 268 g/mol. The Bertz CT molecular complexity index is 643. The third-order valence-corrected chi connectivity index (χ3v) is 4.89. The molecule has 0 fully saturated rings. The average molecular weight is 286 g/mol. The zero-order valence-corrected chi connectivity index (χ0v) is 12.7. The Morgan fingerprint density at radius 3 is 2.50 bits per heavy atom. The van der Waals surface area contributed by atoms with Crippen molar-refractivity contribution in [2.45, 2.75) is 32.9 Å². The highest BCUT2D eigenvalue weighted by Crippen LogP contribution is 2.37. The van der Waals surface area contributed by atoms with E-state index in [2.05, 4.69) is 55.7 Å². The fraction of sp³-hybridized carbons (Fsp3) is 0.312. The van der Waals surface area contributed by atoms with Crippen LogP contribution < -0.4 is 10.6 Å². The molecule has 1 atom stereocenters. The minimum atomic E-state index is -0.144. The molecule has 2 N–H and O–H groups in total. The van der Waals surface area contributed by atoms with Gasteiger partial charge in [-0.25, -0.2) is 0 Å². The first-order valence-corrected chi connectivity index (χ1v) is 7.64. The first-order chi connectivity index (χ1) is 9.54. The SMILES string of the molecule is Cc1ccc([C@H]2NC(=O)c3cc(C(C)C)sc3N2)cc1. The second-order valence-electron chi connectivity index (χ2n) is 5.51. The fourth-order valence-electron chi connectivity index (χ4n) is 2.27. The second-order valence-corrected chi connectivity index (χ2v) is 6.59. The zero-order chi connectivity index (χ0) is 14.3. The Morgan fingerprint density at radius 1 is 1.15 bits per heavy atom. The lowest BCUT2D eigenvalue weighted by Gasteiger charge is -2.26. The molecule has 104 valence electrons. The van der Waals surface area contributed by atoms with Crippen LogP contribution >= 0.6 is 11.3 Å². The minimum Gasteiger partial charge on any atom is -0.353 e. The zero-order valence-electron chi connectivity index (χ0n) is 11.9. The second kappa shape index (κ2) is 4.94. The van der Waals surface area contributed by atoms with Gasteiger partial charge in [-0.1, -0.05) is 43.7 Å². The number of fused-ring (bicyclic) bond motifs is 1. The van der Waals surface area contributed by atoms with Crippen molar-refractivity contribution < 1.29 is 4.79 Å². The van der Waals surface area contributed by atoms with Crippen molar-refractivity contribution in [3.8, 4) is 0 Å². The molecule has 1 amide bonds. The standard InChI is InChI=1S/C16H18N2OS/c1-9(2)13-8-12-15(19)17-14(18-16(12)20-13)11-6-4-10(3)5-7-11/h4-9,14,18H,1-3H3,(H,17,19)/t14-/m0/s1. The normalized spacial score (nSPS) is 17.6. The monoisotopic (exact) mass is 286 g/mol. The van der Waals surface area contributed by atoms with E-state index in [1.165, 1.54) is 10.4 Å². The number of thiophene rings is 1. The first kappa shape index (κ1) is 13.2. The summed E-state index contributed by atoms with van der Waals surface area (Å²) in [5, 5.41) is 7.42. The Kier molecular flexibility index (Phi) is 3.26. The van der Waals surface area contributed by atoms with Crippen LogP contribution in [0, 0.1) is 6.92 Å². The summed E-state index contributed by atoms with van der Waals surface area (Å²) < 4.78 is 0. The van der Waals surface area contributed by atoms with Crippen molar-refractivity contribution >= 4 is 22.2 Å². The van der Waals surface area contributed by atoms with Gasteiger partial charge in [-0.15, -0.1) is 11.3 Å². The Labute approximate surface area is 123 Å². The molecule has 1 aromatic carbocycles. The predicted molar refractivity (Wildman–Crippen MR) is 83.4 cm³/mol. The minimum absolute atomic E-state index is 0.00692. The fourth-order valence-corrected chi connectivity index (χ4v) is 3.36. The lowest BCUT2D eigenvalue weighted by Crippen LogP contribution is -2.37. The maximum absolute atomic E-state index is 12.2. The van der Waals surface area contributed by atoms with Gasteiger partial charge >= 0.3 is 0 Å². The van der Waals surface area contributed by atoms with Crippen molar-refractivity contribution in [3.05, 3.63) is 51.9 Å². The van der Waals surface area contributed by atoms with E-state index >= 15 is 0 Å². The summed E-state index contributed by atoms with van der Waals surface area (Å²) in [5.41, 5.74) is 3.06. The highest BCUT2D eigenvalue weighted by atomic mass is 32.1. The molecule has 0 saturated carbocycles. The summed E-state index contributed by atoms with van der Waals surface area (Å²) in [6.07, 6.45) is -0.144. The third-order valence-electron chi connectivity index (χ3n) is 3.53. The molecule has 3 nitrogen and oxygen atoms in total. The predicted octanol–water partition coefficient (Wildman–Crippen LogP) is 4.03. The van der Waals surface area contributed by atoms with E-state index in [1.807, 2.05) is 6.07 Å². The summed E-state index contributed by atoms with van der Waals surface area (Å²) in [6.45, 7) is 6.35. The van der Waals surface area contributed by atoms with Gasteiger partial charge in [0.2, 0.25) is 0 Å². The van der Waals surface area contributed by atoms with Crippen molar-refractivity contribution in [1.82, 2.24) is 5.32 Å². The molecule has 2 aromatic rings. The number of rotatable bonds is 2. The first-order valence-electron chi connectivity index (χ1n) is 6.82. The summed E-state index contributed by atoms with van der Waals surface area (Å²) in [6, 6.07) is 10.2. The largest absolute Gasteiger partial charge is 0.353 e. The Balaban J connectivity index is 1.92. The van der Waals surface area contributed by atoms with Crippen molar-refractivity contribution in [1.29, 1.82) is 0 Å². The van der Waals surface area contributed by atoms with Crippen LogP contribution in [-0.4, -0.2) is 5.91 Å². The molecule has 4 heteroatoms. The molecule has 2 heterocycles. The van der Waals surface area contributed by atoms with E-state index in [9.17, 15) is 4.79 Å². The number of carbonyl (C=O) groups excluding carboxylic acids is 1. The van der Waals surface area contributed by atoms with E-state index in [4.69, 9.17) is 0 Å². The van der Waals surface area contributed by atoms with E-state index < -0.39 is 0 Å².